The summed E-state index contributed by atoms with van der Waals surface area (Å²) >= 11 is 0. The van der Waals surface area contributed by atoms with Crippen molar-refractivity contribution in [1.29, 1.82) is 0 Å². The number of ether oxygens (including phenoxy) is 1. The average molecular weight is 355 g/mol. The Morgan fingerprint density at radius 1 is 0.926 bits per heavy atom. The first-order valence-electron chi connectivity index (χ1n) is 8.47. The molecule has 0 bridgehead atoms. The van der Waals surface area contributed by atoms with Crippen molar-refractivity contribution in [2.45, 2.75) is 0 Å². The number of hydrogen-bond donors (Lipinski definition) is 0. The first-order chi connectivity index (χ1) is 13.3. The van der Waals surface area contributed by atoms with Crippen LogP contribution in [0.1, 0.15) is 10.4 Å². The molecular weight excluding hydrogens is 338 g/mol. The van der Waals surface area contributed by atoms with Crippen LogP contribution >= 0.6 is 0 Å². The van der Waals surface area contributed by atoms with Gasteiger partial charge in [0.1, 0.15) is 12.0 Å². The number of aromatic nitrogens is 3. The van der Waals surface area contributed by atoms with Crippen molar-refractivity contribution in [3.8, 4) is 33.8 Å². The molecule has 5 heteroatoms. The topological polar surface area (TPSA) is 57.0 Å². The number of nitrogens with zero attached hydrogens (tertiary/aromatic N) is 3. The summed E-state index contributed by atoms with van der Waals surface area (Å²) in [7, 11) is 1.66. The van der Waals surface area contributed by atoms with Crippen LogP contribution in [-0.4, -0.2) is 27.9 Å². The molecule has 132 valence electrons. The van der Waals surface area contributed by atoms with E-state index in [0.29, 0.717) is 5.56 Å². The molecule has 0 aliphatic rings. The summed E-state index contributed by atoms with van der Waals surface area (Å²) in [6.45, 7) is 0. The Labute approximate surface area is 156 Å². The molecule has 0 saturated carbocycles. The van der Waals surface area contributed by atoms with E-state index in [1.165, 1.54) is 0 Å². The summed E-state index contributed by atoms with van der Waals surface area (Å²) in [6, 6.07) is 17.3. The van der Waals surface area contributed by atoms with E-state index in [0.717, 1.165) is 40.1 Å². The van der Waals surface area contributed by atoms with Crippen molar-refractivity contribution in [3.05, 3.63) is 85.1 Å². The second kappa shape index (κ2) is 7.25. The molecule has 2 aromatic carbocycles. The highest BCUT2D eigenvalue weighted by atomic mass is 16.5. The van der Waals surface area contributed by atoms with E-state index in [1.54, 1.807) is 38.0 Å². The number of imidazole rings is 1. The molecule has 0 aliphatic heterocycles. The smallest absolute Gasteiger partial charge is 0.150 e. The maximum atomic E-state index is 10.9. The quantitative estimate of drug-likeness (QED) is 0.497. The molecule has 2 aromatic heterocycles. The Morgan fingerprint density at radius 3 is 2.52 bits per heavy atom. The molecule has 0 spiro atoms. The minimum absolute atomic E-state index is 0.640. The molecule has 0 N–H and O–H groups in total. The lowest BCUT2D eigenvalue weighted by atomic mass is 10.0. The lowest BCUT2D eigenvalue weighted by molar-refractivity contribution is 0.112. The molecule has 0 fully saturated rings. The van der Waals surface area contributed by atoms with Gasteiger partial charge in [-0.2, -0.15) is 0 Å². The minimum Gasteiger partial charge on any atom is -0.496 e. The molecule has 0 unspecified atom stereocenters. The van der Waals surface area contributed by atoms with Crippen LogP contribution < -0.4 is 4.74 Å². The summed E-state index contributed by atoms with van der Waals surface area (Å²) < 4.78 is 7.52. The number of carbonyl (C=O) groups excluding carboxylic acids is 1. The summed E-state index contributed by atoms with van der Waals surface area (Å²) in [5, 5.41) is 0. The van der Waals surface area contributed by atoms with E-state index >= 15 is 0 Å². The van der Waals surface area contributed by atoms with Crippen LogP contribution in [0.2, 0.25) is 0 Å². The summed E-state index contributed by atoms with van der Waals surface area (Å²) in [5.74, 6) is 0.793. The zero-order valence-electron chi connectivity index (χ0n) is 14.7. The fourth-order valence-corrected chi connectivity index (χ4v) is 3.11. The van der Waals surface area contributed by atoms with Gasteiger partial charge in [-0.05, 0) is 12.1 Å². The molecule has 5 nitrogen and oxygen atoms in total. The summed E-state index contributed by atoms with van der Waals surface area (Å²) in [5.41, 5.74) is 5.39. The van der Waals surface area contributed by atoms with Crippen molar-refractivity contribution in [1.82, 2.24) is 14.5 Å². The Balaban J connectivity index is 1.87. The fraction of sp³-hybridized carbons (Fsp3) is 0.0455. The van der Waals surface area contributed by atoms with Gasteiger partial charge in [0.15, 0.2) is 0 Å². The van der Waals surface area contributed by atoms with Gasteiger partial charge in [-0.1, -0.05) is 42.5 Å². The Kier molecular flexibility index (Phi) is 4.49. The van der Waals surface area contributed by atoms with Crippen LogP contribution in [0, 0.1) is 0 Å². The third kappa shape index (κ3) is 3.11. The average Bonchev–Trinajstić information content (AvgIpc) is 3.23. The predicted molar refractivity (Wildman–Crippen MR) is 104 cm³/mol. The van der Waals surface area contributed by atoms with Gasteiger partial charge in [0.25, 0.3) is 0 Å². The van der Waals surface area contributed by atoms with E-state index < -0.39 is 0 Å². The summed E-state index contributed by atoms with van der Waals surface area (Å²) in [6.07, 6.45) is 7.98. The van der Waals surface area contributed by atoms with Crippen LogP contribution in [0.3, 0.4) is 0 Å². The van der Waals surface area contributed by atoms with Gasteiger partial charge >= 0.3 is 0 Å². The molecule has 2 heterocycles. The minimum atomic E-state index is 0.640. The van der Waals surface area contributed by atoms with E-state index in [2.05, 4.69) is 9.97 Å². The molecule has 4 aromatic rings. The number of aldehydes is 1. The maximum absolute atomic E-state index is 10.9. The third-order valence-corrected chi connectivity index (χ3v) is 4.44. The van der Waals surface area contributed by atoms with Crippen LogP contribution in [0.25, 0.3) is 28.1 Å². The highest BCUT2D eigenvalue weighted by molar-refractivity contribution is 5.79. The Morgan fingerprint density at radius 2 is 1.74 bits per heavy atom. The normalized spacial score (nSPS) is 10.6. The van der Waals surface area contributed by atoms with Crippen LogP contribution in [0.5, 0.6) is 5.75 Å². The summed E-state index contributed by atoms with van der Waals surface area (Å²) in [4.78, 5) is 19.6. The Hall–Kier alpha value is -3.73. The van der Waals surface area contributed by atoms with Crippen molar-refractivity contribution in [2.24, 2.45) is 0 Å². The van der Waals surface area contributed by atoms with E-state index in [9.17, 15) is 4.79 Å². The molecule has 27 heavy (non-hydrogen) atoms. The zero-order valence-corrected chi connectivity index (χ0v) is 14.7. The van der Waals surface area contributed by atoms with E-state index in [-0.39, 0.29) is 0 Å². The number of benzene rings is 2. The van der Waals surface area contributed by atoms with Crippen molar-refractivity contribution < 1.29 is 9.53 Å². The highest BCUT2D eigenvalue weighted by Crippen LogP contribution is 2.35. The number of carbonyl (C=O) groups is 1. The molecule has 0 amide bonds. The van der Waals surface area contributed by atoms with Gasteiger partial charge in [0, 0.05) is 28.5 Å². The molecule has 0 radical (unpaired) electrons. The molecule has 0 saturated heterocycles. The number of methoxy groups -OCH3 is 1. The number of hydrogen-bond acceptors (Lipinski definition) is 4. The van der Waals surface area contributed by atoms with Gasteiger partial charge < -0.3 is 4.74 Å². The van der Waals surface area contributed by atoms with Crippen LogP contribution in [0.15, 0.2) is 79.5 Å². The standard InChI is InChI=1S/C22H17N3O2/c1-27-22-5-3-2-4-19(22)18-10-11-23-13-21(18)25-15-24-12-20(25)17-8-6-16(14-26)7-9-17/h2-15H,1H3. The van der Waals surface area contributed by atoms with Gasteiger partial charge in [-0.3, -0.25) is 14.3 Å². The third-order valence-electron chi connectivity index (χ3n) is 4.44. The number of para-hydroxylation sites is 1. The number of rotatable bonds is 5. The van der Waals surface area contributed by atoms with Crippen molar-refractivity contribution in [2.75, 3.05) is 7.11 Å². The van der Waals surface area contributed by atoms with E-state index in [1.807, 2.05) is 53.2 Å². The van der Waals surface area contributed by atoms with Crippen LogP contribution in [-0.2, 0) is 0 Å². The second-order valence-electron chi connectivity index (χ2n) is 5.98. The highest BCUT2D eigenvalue weighted by Gasteiger charge is 2.14. The van der Waals surface area contributed by atoms with Crippen molar-refractivity contribution in [3.63, 3.8) is 0 Å². The molecule has 0 aliphatic carbocycles. The van der Waals surface area contributed by atoms with Crippen molar-refractivity contribution >= 4 is 6.29 Å². The maximum Gasteiger partial charge on any atom is 0.150 e. The van der Waals surface area contributed by atoms with Gasteiger partial charge in [0.2, 0.25) is 0 Å². The largest absolute Gasteiger partial charge is 0.496 e. The molecule has 4 rings (SSSR count). The lowest BCUT2D eigenvalue weighted by Gasteiger charge is -2.15. The monoisotopic (exact) mass is 355 g/mol. The first kappa shape index (κ1) is 16.7. The van der Waals surface area contributed by atoms with Gasteiger partial charge in [-0.25, -0.2) is 4.98 Å². The molecule has 0 atom stereocenters. The Bertz CT molecular complexity index is 1080. The lowest BCUT2D eigenvalue weighted by Crippen LogP contribution is -2.00. The zero-order chi connectivity index (χ0) is 18.6. The van der Waals surface area contributed by atoms with E-state index in [4.69, 9.17) is 4.74 Å². The molecular formula is C22H17N3O2. The predicted octanol–water partition coefficient (Wildman–Crippen LogP) is 4.42. The SMILES string of the molecule is COc1ccccc1-c1ccncc1-n1cncc1-c1ccc(C=O)cc1. The number of pyridine rings is 1. The van der Waals surface area contributed by atoms with Gasteiger partial charge in [-0.15, -0.1) is 0 Å². The first-order valence-corrected chi connectivity index (χ1v) is 8.47. The fourth-order valence-electron chi connectivity index (χ4n) is 3.11. The van der Waals surface area contributed by atoms with Crippen LogP contribution in [0.4, 0.5) is 0 Å². The van der Waals surface area contributed by atoms with Gasteiger partial charge in [0.05, 0.1) is 37.2 Å². The second-order valence-corrected chi connectivity index (χ2v) is 5.98.